The Labute approximate surface area is 110 Å². The molecule has 1 atom stereocenters. The van der Waals surface area contributed by atoms with E-state index < -0.39 is 11.5 Å². The van der Waals surface area contributed by atoms with E-state index >= 15 is 0 Å². The highest BCUT2D eigenvalue weighted by atomic mass is 16.4. The third-order valence-electron chi connectivity index (χ3n) is 4.76. The molecule has 1 saturated heterocycles. The van der Waals surface area contributed by atoms with E-state index in [4.69, 9.17) is 5.73 Å². The molecule has 1 aliphatic heterocycles. The third-order valence-corrected chi connectivity index (χ3v) is 4.76. The molecule has 0 bridgehead atoms. The first kappa shape index (κ1) is 13.8. The van der Waals surface area contributed by atoms with Crippen molar-refractivity contribution in [3.63, 3.8) is 0 Å². The van der Waals surface area contributed by atoms with Gasteiger partial charge in [-0.15, -0.1) is 0 Å². The summed E-state index contributed by atoms with van der Waals surface area (Å²) in [6, 6.07) is 0. The van der Waals surface area contributed by atoms with Crippen molar-refractivity contribution in [1.29, 1.82) is 0 Å². The number of likely N-dealkylation sites (tertiary alicyclic amines) is 1. The molecule has 0 spiro atoms. The minimum atomic E-state index is -1.01. The van der Waals surface area contributed by atoms with E-state index in [1.54, 1.807) is 0 Å². The molecule has 0 aromatic rings. The van der Waals surface area contributed by atoms with Crippen LogP contribution in [-0.4, -0.2) is 41.1 Å². The Morgan fingerprint density at radius 1 is 1.33 bits per heavy atom. The monoisotopic (exact) mass is 254 g/mol. The van der Waals surface area contributed by atoms with E-state index in [1.165, 1.54) is 12.8 Å². The van der Waals surface area contributed by atoms with Crippen molar-refractivity contribution in [1.82, 2.24) is 4.90 Å². The summed E-state index contributed by atoms with van der Waals surface area (Å²) in [5.74, 6) is 0.894. The lowest BCUT2D eigenvalue weighted by Gasteiger charge is -2.38. The fourth-order valence-electron chi connectivity index (χ4n) is 3.12. The summed E-state index contributed by atoms with van der Waals surface area (Å²) in [4.78, 5) is 13.7. The maximum atomic E-state index is 11.4. The number of aliphatic carboxylic acids is 1. The van der Waals surface area contributed by atoms with Crippen LogP contribution in [0.2, 0.25) is 0 Å². The zero-order chi connectivity index (χ0) is 13.3. The standard InChI is InChI=1S/C14H26N2O2/c1-10(2)11-5-7-16(8-6-11)9-14(15,13(17)18)12-3-4-12/h10-12H,3-9,15H2,1-2H3,(H,17,18). The second-order valence-corrected chi connectivity index (χ2v) is 6.48. The number of carboxylic acid groups (broad SMARTS) is 1. The van der Waals surface area contributed by atoms with Crippen molar-refractivity contribution in [3.8, 4) is 0 Å². The van der Waals surface area contributed by atoms with Gasteiger partial charge in [0.25, 0.3) is 0 Å². The minimum Gasteiger partial charge on any atom is -0.480 e. The van der Waals surface area contributed by atoms with Crippen molar-refractivity contribution < 1.29 is 9.90 Å². The molecule has 1 heterocycles. The zero-order valence-electron chi connectivity index (χ0n) is 11.6. The molecular formula is C14H26N2O2. The van der Waals surface area contributed by atoms with Crippen LogP contribution < -0.4 is 5.73 Å². The highest BCUT2D eigenvalue weighted by Crippen LogP contribution is 2.39. The number of piperidine rings is 1. The van der Waals surface area contributed by atoms with Gasteiger partial charge in [0.2, 0.25) is 0 Å². The van der Waals surface area contributed by atoms with Gasteiger partial charge in [0, 0.05) is 6.54 Å². The predicted octanol–water partition coefficient (Wildman–Crippen LogP) is 1.55. The first-order valence-corrected chi connectivity index (χ1v) is 7.18. The normalized spacial score (nSPS) is 26.2. The van der Waals surface area contributed by atoms with Gasteiger partial charge in [-0.2, -0.15) is 0 Å². The van der Waals surface area contributed by atoms with Gasteiger partial charge in [-0.25, -0.2) is 0 Å². The topological polar surface area (TPSA) is 66.6 Å². The Bertz CT molecular complexity index is 307. The van der Waals surface area contributed by atoms with Crippen molar-refractivity contribution in [2.45, 2.75) is 45.1 Å². The van der Waals surface area contributed by atoms with Gasteiger partial charge in [0.05, 0.1) is 0 Å². The number of rotatable bonds is 5. The zero-order valence-corrected chi connectivity index (χ0v) is 11.6. The molecule has 0 aromatic heterocycles. The summed E-state index contributed by atoms with van der Waals surface area (Å²) in [5, 5.41) is 9.36. The largest absolute Gasteiger partial charge is 0.480 e. The molecule has 1 unspecified atom stereocenters. The van der Waals surface area contributed by atoms with E-state index in [1.807, 2.05) is 0 Å². The average molecular weight is 254 g/mol. The van der Waals surface area contributed by atoms with Crippen LogP contribution in [0.15, 0.2) is 0 Å². The van der Waals surface area contributed by atoms with Gasteiger partial charge in [-0.3, -0.25) is 4.79 Å². The number of hydrogen-bond acceptors (Lipinski definition) is 3. The summed E-state index contributed by atoms with van der Waals surface area (Å²) >= 11 is 0. The van der Waals surface area contributed by atoms with Crippen molar-refractivity contribution in [3.05, 3.63) is 0 Å². The van der Waals surface area contributed by atoms with Crippen LogP contribution in [-0.2, 0) is 4.79 Å². The molecule has 4 heteroatoms. The molecule has 0 aromatic carbocycles. The van der Waals surface area contributed by atoms with Crippen LogP contribution >= 0.6 is 0 Å². The molecule has 4 nitrogen and oxygen atoms in total. The van der Waals surface area contributed by atoms with Gasteiger partial charge < -0.3 is 15.7 Å². The smallest absolute Gasteiger partial charge is 0.325 e. The van der Waals surface area contributed by atoms with Gasteiger partial charge in [0.15, 0.2) is 0 Å². The Morgan fingerprint density at radius 3 is 2.28 bits per heavy atom. The molecule has 3 N–H and O–H groups in total. The van der Waals surface area contributed by atoms with Crippen LogP contribution in [0.3, 0.4) is 0 Å². The molecule has 1 saturated carbocycles. The van der Waals surface area contributed by atoms with Crippen molar-refractivity contribution >= 4 is 5.97 Å². The van der Waals surface area contributed by atoms with Crippen LogP contribution in [0.1, 0.15) is 39.5 Å². The van der Waals surface area contributed by atoms with E-state index in [2.05, 4.69) is 18.7 Å². The lowest BCUT2D eigenvalue weighted by molar-refractivity contribution is -0.145. The van der Waals surface area contributed by atoms with E-state index in [0.717, 1.165) is 37.8 Å². The van der Waals surface area contributed by atoms with Crippen molar-refractivity contribution in [2.24, 2.45) is 23.5 Å². The number of nitrogens with zero attached hydrogens (tertiary/aromatic N) is 1. The molecule has 104 valence electrons. The second-order valence-electron chi connectivity index (χ2n) is 6.48. The summed E-state index contributed by atoms with van der Waals surface area (Å²) in [5.41, 5.74) is 5.12. The average Bonchev–Trinajstić information content (AvgIpc) is 3.13. The molecule has 18 heavy (non-hydrogen) atoms. The quantitative estimate of drug-likeness (QED) is 0.781. The minimum absolute atomic E-state index is 0.192. The Hall–Kier alpha value is -0.610. The number of carboxylic acids is 1. The van der Waals surface area contributed by atoms with Gasteiger partial charge >= 0.3 is 5.97 Å². The molecule has 2 fully saturated rings. The molecular weight excluding hydrogens is 228 g/mol. The van der Waals surface area contributed by atoms with E-state index in [0.29, 0.717) is 6.54 Å². The molecule has 1 aliphatic carbocycles. The highest BCUT2D eigenvalue weighted by Gasteiger charge is 2.49. The molecule has 2 aliphatic rings. The fraction of sp³-hybridized carbons (Fsp3) is 0.929. The lowest BCUT2D eigenvalue weighted by Crippen LogP contribution is -2.59. The first-order chi connectivity index (χ1) is 8.43. The summed E-state index contributed by atoms with van der Waals surface area (Å²) in [7, 11) is 0. The summed E-state index contributed by atoms with van der Waals surface area (Å²) in [6.07, 6.45) is 4.31. The fourth-order valence-corrected chi connectivity index (χ4v) is 3.12. The predicted molar refractivity (Wildman–Crippen MR) is 71.3 cm³/mol. The van der Waals surface area contributed by atoms with E-state index in [-0.39, 0.29) is 5.92 Å². The highest BCUT2D eigenvalue weighted by molar-refractivity contribution is 5.79. The van der Waals surface area contributed by atoms with Gasteiger partial charge in [-0.05, 0) is 56.5 Å². The van der Waals surface area contributed by atoms with Gasteiger partial charge in [-0.1, -0.05) is 13.8 Å². The molecule has 0 amide bonds. The SMILES string of the molecule is CC(C)C1CCN(CC(N)(C(=O)O)C2CC2)CC1. The van der Waals surface area contributed by atoms with Crippen LogP contribution in [0.25, 0.3) is 0 Å². The van der Waals surface area contributed by atoms with Crippen LogP contribution in [0.5, 0.6) is 0 Å². The number of carbonyl (C=O) groups is 1. The molecule has 2 rings (SSSR count). The third kappa shape index (κ3) is 2.86. The first-order valence-electron chi connectivity index (χ1n) is 7.18. The molecule has 0 radical (unpaired) electrons. The van der Waals surface area contributed by atoms with Crippen LogP contribution in [0, 0.1) is 17.8 Å². The maximum absolute atomic E-state index is 11.4. The lowest BCUT2D eigenvalue weighted by atomic mass is 9.85. The Morgan fingerprint density at radius 2 is 1.89 bits per heavy atom. The maximum Gasteiger partial charge on any atom is 0.325 e. The Kier molecular flexibility index (Phi) is 3.97. The van der Waals surface area contributed by atoms with Gasteiger partial charge in [0.1, 0.15) is 5.54 Å². The number of nitrogens with two attached hydrogens (primary N) is 1. The summed E-state index contributed by atoms with van der Waals surface area (Å²) in [6.45, 7) is 7.07. The Balaban J connectivity index is 1.88. The van der Waals surface area contributed by atoms with Crippen LogP contribution in [0.4, 0.5) is 0 Å². The summed E-state index contributed by atoms with van der Waals surface area (Å²) < 4.78 is 0. The number of hydrogen-bond donors (Lipinski definition) is 2. The second kappa shape index (κ2) is 5.17. The van der Waals surface area contributed by atoms with E-state index in [9.17, 15) is 9.90 Å². The van der Waals surface area contributed by atoms with Crippen molar-refractivity contribution in [2.75, 3.05) is 19.6 Å².